The summed E-state index contributed by atoms with van der Waals surface area (Å²) in [6.07, 6.45) is 0. The number of benzene rings is 2. The van der Waals surface area contributed by atoms with Gasteiger partial charge in [0, 0.05) is 7.05 Å². The number of aryl methyl sites for hydroxylation is 2. The second-order valence-electron chi connectivity index (χ2n) is 6.78. The molecule has 0 bridgehead atoms. The third-order valence-corrected chi connectivity index (χ3v) is 5.68. The third-order valence-electron chi connectivity index (χ3n) is 4.77. The Labute approximate surface area is 173 Å². The van der Waals surface area contributed by atoms with Gasteiger partial charge in [-0.15, -0.1) is 15.3 Å². The molecule has 3 aromatic heterocycles. The molecule has 0 unspecified atom stereocenters. The summed E-state index contributed by atoms with van der Waals surface area (Å²) in [5.74, 6) is 1.13. The molecule has 0 aliphatic carbocycles. The molecule has 5 rings (SSSR count). The third kappa shape index (κ3) is 2.94. The van der Waals surface area contributed by atoms with E-state index in [9.17, 15) is 9.18 Å². The average molecular weight is 422 g/mol. The van der Waals surface area contributed by atoms with Crippen LogP contribution in [0.1, 0.15) is 11.4 Å². The van der Waals surface area contributed by atoms with E-state index in [0.717, 1.165) is 11.1 Å². The van der Waals surface area contributed by atoms with Crippen molar-refractivity contribution in [2.75, 3.05) is 0 Å². The SMILES string of the molecule is Cc1ccc2c(c1)c(=O)n(C)c1nnc(CSc3nnnn3-c3cccc(F)c3)n21. The van der Waals surface area contributed by atoms with E-state index in [1.54, 1.807) is 19.2 Å². The molecule has 0 radical (unpaired) electrons. The van der Waals surface area contributed by atoms with Gasteiger partial charge in [0.2, 0.25) is 10.9 Å². The fourth-order valence-electron chi connectivity index (χ4n) is 3.32. The van der Waals surface area contributed by atoms with Crippen molar-refractivity contribution in [3.63, 3.8) is 0 Å². The number of fused-ring (bicyclic) bond motifs is 3. The first-order chi connectivity index (χ1) is 14.5. The zero-order valence-electron chi connectivity index (χ0n) is 16.0. The summed E-state index contributed by atoms with van der Waals surface area (Å²) in [7, 11) is 1.68. The summed E-state index contributed by atoms with van der Waals surface area (Å²) < 4.78 is 18.4. The predicted molar refractivity (Wildman–Crippen MR) is 109 cm³/mol. The number of rotatable bonds is 4. The van der Waals surface area contributed by atoms with Crippen molar-refractivity contribution in [2.24, 2.45) is 7.05 Å². The lowest BCUT2D eigenvalue weighted by Crippen LogP contribution is -2.20. The lowest BCUT2D eigenvalue weighted by atomic mass is 10.1. The van der Waals surface area contributed by atoms with Crippen LogP contribution in [0, 0.1) is 12.7 Å². The molecule has 0 saturated carbocycles. The molecule has 30 heavy (non-hydrogen) atoms. The highest BCUT2D eigenvalue weighted by Crippen LogP contribution is 2.24. The van der Waals surface area contributed by atoms with Gasteiger partial charge in [0.05, 0.1) is 22.3 Å². The van der Waals surface area contributed by atoms with E-state index in [0.29, 0.717) is 33.6 Å². The molecule has 0 N–H and O–H groups in total. The maximum absolute atomic E-state index is 13.6. The van der Waals surface area contributed by atoms with Gasteiger partial charge in [-0.2, -0.15) is 4.68 Å². The van der Waals surface area contributed by atoms with Crippen molar-refractivity contribution < 1.29 is 4.39 Å². The highest BCUT2D eigenvalue weighted by Gasteiger charge is 2.17. The van der Waals surface area contributed by atoms with Crippen molar-refractivity contribution in [1.29, 1.82) is 0 Å². The van der Waals surface area contributed by atoms with Gasteiger partial charge in [-0.3, -0.25) is 13.8 Å². The Bertz CT molecular complexity index is 1470. The van der Waals surface area contributed by atoms with E-state index in [1.165, 1.54) is 33.1 Å². The highest BCUT2D eigenvalue weighted by atomic mass is 32.2. The van der Waals surface area contributed by atoms with Gasteiger partial charge in [-0.05, 0) is 47.7 Å². The minimum Gasteiger partial charge on any atom is -0.279 e. The molecule has 0 spiro atoms. The summed E-state index contributed by atoms with van der Waals surface area (Å²) in [5, 5.41) is 21.3. The predicted octanol–water partition coefficient (Wildman–Crippen LogP) is 2.30. The molecular weight excluding hydrogens is 407 g/mol. The maximum atomic E-state index is 13.6. The highest BCUT2D eigenvalue weighted by molar-refractivity contribution is 7.98. The maximum Gasteiger partial charge on any atom is 0.262 e. The summed E-state index contributed by atoms with van der Waals surface area (Å²) in [6.45, 7) is 1.94. The van der Waals surface area contributed by atoms with Gasteiger partial charge in [-0.25, -0.2) is 4.39 Å². The van der Waals surface area contributed by atoms with Gasteiger partial charge < -0.3 is 0 Å². The monoisotopic (exact) mass is 422 g/mol. The van der Waals surface area contributed by atoms with E-state index in [4.69, 9.17) is 0 Å². The minimum absolute atomic E-state index is 0.122. The molecule has 2 aromatic carbocycles. The van der Waals surface area contributed by atoms with E-state index in [2.05, 4.69) is 25.7 Å². The van der Waals surface area contributed by atoms with Crippen LogP contribution in [-0.4, -0.2) is 39.4 Å². The lowest BCUT2D eigenvalue weighted by molar-refractivity contribution is 0.623. The normalized spacial score (nSPS) is 11.6. The number of nitrogens with zero attached hydrogens (tertiary/aromatic N) is 8. The zero-order valence-corrected chi connectivity index (χ0v) is 16.8. The number of halogens is 1. The molecule has 0 aliphatic heterocycles. The summed E-state index contributed by atoms with van der Waals surface area (Å²) in [5.41, 5.74) is 2.14. The van der Waals surface area contributed by atoms with Crippen LogP contribution in [0.15, 0.2) is 52.4 Å². The van der Waals surface area contributed by atoms with E-state index < -0.39 is 0 Å². The summed E-state index contributed by atoms with van der Waals surface area (Å²) in [4.78, 5) is 12.7. The molecule has 0 saturated heterocycles. The first kappa shape index (κ1) is 18.4. The average Bonchev–Trinajstić information content (AvgIpc) is 3.37. The molecule has 0 amide bonds. The standard InChI is InChI=1S/C19H15FN8OS/c1-11-6-7-15-14(8-11)17(29)26(2)18-22-21-16(27(15)18)10-30-19-23-24-25-28(19)13-5-3-4-12(20)9-13/h3-9H,10H2,1-2H3. The van der Waals surface area contributed by atoms with Crippen LogP contribution in [0.4, 0.5) is 4.39 Å². The Hall–Kier alpha value is -3.60. The Morgan fingerprint density at radius 3 is 2.80 bits per heavy atom. The Morgan fingerprint density at radius 1 is 1.10 bits per heavy atom. The summed E-state index contributed by atoms with van der Waals surface area (Å²) >= 11 is 1.34. The number of hydrogen-bond donors (Lipinski definition) is 0. The first-order valence-electron chi connectivity index (χ1n) is 9.03. The van der Waals surface area contributed by atoms with Crippen molar-refractivity contribution in [1.82, 2.24) is 39.4 Å². The van der Waals surface area contributed by atoms with Gasteiger partial charge in [0.15, 0.2) is 0 Å². The number of tetrazole rings is 1. The van der Waals surface area contributed by atoms with Gasteiger partial charge in [-0.1, -0.05) is 29.5 Å². The molecule has 0 aliphatic rings. The fraction of sp³-hybridized carbons (Fsp3) is 0.158. The molecule has 11 heteroatoms. The minimum atomic E-state index is -0.370. The van der Waals surface area contributed by atoms with Crippen LogP contribution >= 0.6 is 11.8 Å². The van der Waals surface area contributed by atoms with Crippen molar-refractivity contribution in [3.05, 3.63) is 70.0 Å². The number of aromatic nitrogens is 8. The first-order valence-corrected chi connectivity index (χ1v) is 10.0. The molecule has 3 heterocycles. The van der Waals surface area contributed by atoms with E-state index in [1.807, 2.05) is 29.5 Å². The molecule has 5 aromatic rings. The van der Waals surface area contributed by atoms with Crippen molar-refractivity contribution >= 4 is 28.4 Å². The Morgan fingerprint density at radius 2 is 1.97 bits per heavy atom. The van der Waals surface area contributed by atoms with Crippen molar-refractivity contribution in [2.45, 2.75) is 17.8 Å². The lowest BCUT2D eigenvalue weighted by Gasteiger charge is -2.08. The number of thioether (sulfide) groups is 1. The molecule has 150 valence electrons. The molecular formula is C19H15FN8OS. The zero-order chi connectivity index (χ0) is 20.8. The second kappa shape index (κ2) is 7.02. The fourth-order valence-corrected chi connectivity index (χ4v) is 4.12. The van der Waals surface area contributed by atoms with E-state index >= 15 is 0 Å². The quantitative estimate of drug-likeness (QED) is 0.410. The number of hydrogen-bond acceptors (Lipinski definition) is 7. The van der Waals surface area contributed by atoms with Crippen LogP contribution in [-0.2, 0) is 12.8 Å². The van der Waals surface area contributed by atoms with Crippen LogP contribution in [0.25, 0.3) is 22.4 Å². The molecule has 9 nitrogen and oxygen atoms in total. The van der Waals surface area contributed by atoms with Gasteiger partial charge in [0.1, 0.15) is 11.6 Å². The topological polar surface area (TPSA) is 95.8 Å². The molecule has 0 fully saturated rings. The van der Waals surface area contributed by atoms with Gasteiger partial charge in [0.25, 0.3) is 5.56 Å². The van der Waals surface area contributed by atoms with Crippen LogP contribution < -0.4 is 5.56 Å². The largest absolute Gasteiger partial charge is 0.279 e. The summed E-state index contributed by atoms with van der Waals surface area (Å²) in [6, 6.07) is 11.7. The Kier molecular flexibility index (Phi) is 4.31. The molecule has 0 atom stereocenters. The van der Waals surface area contributed by atoms with Gasteiger partial charge >= 0.3 is 0 Å². The van der Waals surface area contributed by atoms with Crippen LogP contribution in [0.3, 0.4) is 0 Å². The Balaban J connectivity index is 1.56. The smallest absolute Gasteiger partial charge is 0.262 e. The van der Waals surface area contributed by atoms with Crippen LogP contribution in [0.2, 0.25) is 0 Å². The van der Waals surface area contributed by atoms with E-state index in [-0.39, 0.29) is 11.4 Å². The second-order valence-corrected chi connectivity index (χ2v) is 7.72. The van der Waals surface area contributed by atoms with Crippen molar-refractivity contribution in [3.8, 4) is 5.69 Å². The van der Waals surface area contributed by atoms with Crippen LogP contribution in [0.5, 0.6) is 0 Å².